The lowest BCUT2D eigenvalue weighted by Gasteiger charge is -2.05. The highest BCUT2D eigenvalue weighted by atomic mass is 16.5. The third-order valence-corrected chi connectivity index (χ3v) is 1.63. The molecule has 0 N–H and O–H groups in total. The van der Waals surface area contributed by atoms with E-state index in [4.69, 9.17) is 4.74 Å². The second-order valence-electron chi connectivity index (χ2n) is 2.79. The van der Waals surface area contributed by atoms with Crippen LogP contribution < -0.4 is 4.74 Å². The minimum atomic E-state index is 0.534. The number of hydrogen-bond donors (Lipinski definition) is 0. The summed E-state index contributed by atoms with van der Waals surface area (Å²) in [5.74, 6) is 1.23. The average molecular weight is 181 g/mol. The van der Waals surface area contributed by atoms with E-state index in [1.165, 1.54) is 5.56 Å². The minimum absolute atomic E-state index is 0.534. The molecule has 1 rings (SSSR count). The summed E-state index contributed by atoms with van der Waals surface area (Å²) in [6.45, 7) is 8.30. The molecule has 0 radical (unpaired) electrons. The molecule has 0 atom stereocenters. The van der Waals surface area contributed by atoms with Gasteiger partial charge in [0.1, 0.15) is 0 Å². The zero-order valence-electron chi connectivity index (χ0n) is 9.16. The van der Waals surface area contributed by atoms with Crippen molar-refractivity contribution in [1.29, 1.82) is 0 Å². The van der Waals surface area contributed by atoms with Gasteiger partial charge in [-0.2, -0.15) is 0 Å². The van der Waals surface area contributed by atoms with Crippen molar-refractivity contribution in [2.75, 3.05) is 7.11 Å². The Bertz CT molecular complexity index is 233. The van der Waals surface area contributed by atoms with Gasteiger partial charge in [-0.15, -0.1) is 0 Å². The summed E-state index contributed by atoms with van der Waals surface area (Å²) < 4.78 is 4.99. The predicted octanol–water partition coefficient (Wildman–Crippen LogP) is 3.24. The molecule has 2 heteroatoms. The van der Waals surface area contributed by atoms with Gasteiger partial charge < -0.3 is 4.74 Å². The number of rotatable bonds is 2. The third-order valence-electron chi connectivity index (χ3n) is 1.63. The van der Waals surface area contributed by atoms with Crippen LogP contribution in [0.5, 0.6) is 5.88 Å². The summed E-state index contributed by atoms with van der Waals surface area (Å²) in [6.07, 6.45) is 1.77. The Balaban J connectivity index is 0.000000671. The Morgan fingerprint density at radius 2 is 1.92 bits per heavy atom. The van der Waals surface area contributed by atoms with Crippen molar-refractivity contribution >= 4 is 0 Å². The van der Waals surface area contributed by atoms with E-state index in [0.29, 0.717) is 11.8 Å². The molecule has 1 aromatic heterocycles. The topological polar surface area (TPSA) is 22.1 Å². The van der Waals surface area contributed by atoms with Crippen molar-refractivity contribution in [2.24, 2.45) is 0 Å². The fourth-order valence-electron chi connectivity index (χ4n) is 0.896. The van der Waals surface area contributed by atoms with Crippen LogP contribution in [0.1, 0.15) is 39.2 Å². The van der Waals surface area contributed by atoms with Gasteiger partial charge in [0.05, 0.1) is 7.11 Å². The molecule has 0 aliphatic heterocycles. The largest absolute Gasteiger partial charge is 0.481 e. The molecule has 0 saturated carbocycles. The summed E-state index contributed by atoms with van der Waals surface area (Å²) in [6, 6.07) is 3.97. The van der Waals surface area contributed by atoms with Crippen molar-refractivity contribution in [1.82, 2.24) is 4.98 Å². The average Bonchev–Trinajstić information content (AvgIpc) is 2.21. The maximum Gasteiger partial charge on any atom is 0.213 e. The molecule has 0 aliphatic rings. The molecule has 0 aliphatic carbocycles. The Labute approximate surface area is 81.0 Å². The highest BCUT2D eigenvalue weighted by Gasteiger charge is 1.99. The number of aromatic nitrogens is 1. The van der Waals surface area contributed by atoms with E-state index >= 15 is 0 Å². The number of pyridine rings is 1. The van der Waals surface area contributed by atoms with Gasteiger partial charge in [0.15, 0.2) is 0 Å². The van der Waals surface area contributed by atoms with E-state index in [2.05, 4.69) is 18.8 Å². The number of nitrogens with zero attached hydrogens (tertiary/aromatic N) is 1. The van der Waals surface area contributed by atoms with Crippen LogP contribution in [0, 0.1) is 0 Å². The molecule has 2 nitrogen and oxygen atoms in total. The monoisotopic (exact) mass is 181 g/mol. The van der Waals surface area contributed by atoms with Crippen LogP contribution in [0.15, 0.2) is 18.3 Å². The van der Waals surface area contributed by atoms with Gasteiger partial charge in [-0.05, 0) is 17.5 Å². The van der Waals surface area contributed by atoms with Crippen molar-refractivity contribution in [3.8, 4) is 5.88 Å². The molecule has 13 heavy (non-hydrogen) atoms. The summed E-state index contributed by atoms with van der Waals surface area (Å²) in [5, 5.41) is 0. The van der Waals surface area contributed by atoms with Crippen molar-refractivity contribution in [2.45, 2.75) is 33.6 Å². The van der Waals surface area contributed by atoms with E-state index in [9.17, 15) is 0 Å². The van der Waals surface area contributed by atoms with E-state index < -0.39 is 0 Å². The fourth-order valence-corrected chi connectivity index (χ4v) is 0.896. The van der Waals surface area contributed by atoms with Gasteiger partial charge in [0, 0.05) is 12.3 Å². The molecule has 1 aromatic rings. The standard InChI is InChI=1S/C9H13NO.C2H6/c1-7(2)8-4-5-10-9(6-8)11-3;1-2/h4-7H,1-3H3;1-2H3. The highest BCUT2D eigenvalue weighted by molar-refractivity contribution is 5.22. The Hall–Kier alpha value is -1.05. The molecular formula is C11H19NO. The van der Waals surface area contributed by atoms with Crippen molar-refractivity contribution in [3.05, 3.63) is 23.9 Å². The van der Waals surface area contributed by atoms with Crippen LogP contribution in [-0.4, -0.2) is 12.1 Å². The normalized spacial score (nSPS) is 9.08. The molecule has 0 saturated heterocycles. The van der Waals surface area contributed by atoms with Gasteiger partial charge in [-0.1, -0.05) is 27.7 Å². The Kier molecular flexibility index (Phi) is 5.94. The van der Waals surface area contributed by atoms with Crippen LogP contribution >= 0.6 is 0 Å². The lowest BCUT2D eigenvalue weighted by Crippen LogP contribution is -1.91. The molecule has 1 heterocycles. The Morgan fingerprint density at radius 3 is 2.38 bits per heavy atom. The van der Waals surface area contributed by atoms with Crippen LogP contribution in [0.25, 0.3) is 0 Å². The smallest absolute Gasteiger partial charge is 0.213 e. The molecule has 74 valence electrons. The molecule has 0 unspecified atom stereocenters. The zero-order valence-corrected chi connectivity index (χ0v) is 9.16. The maximum absolute atomic E-state index is 4.99. The van der Waals surface area contributed by atoms with Crippen LogP contribution in [-0.2, 0) is 0 Å². The second-order valence-corrected chi connectivity index (χ2v) is 2.79. The van der Waals surface area contributed by atoms with Gasteiger partial charge in [0.2, 0.25) is 5.88 Å². The Morgan fingerprint density at radius 1 is 1.31 bits per heavy atom. The minimum Gasteiger partial charge on any atom is -0.481 e. The van der Waals surface area contributed by atoms with Crippen molar-refractivity contribution < 1.29 is 4.74 Å². The molecule has 0 aromatic carbocycles. The number of methoxy groups -OCH3 is 1. The van der Waals surface area contributed by atoms with Crippen LogP contribution in [0.4, 0.5) is 0 Å². The summed E-state index contributed by atoms with van der Waals surface area (Å²) >= 11 is 0. The quantitative estimate of drug-likeness (QED) is 0.698. The van der Waals surface area contributed by atoms with Gasteiger partial charge in [-0.25, -0.2) is 4.98 Å². The van der Waals surface area contributed by atoms with Gasteiger partial charge in [0.25, 0.3) is 0 Å². The SMILES string of the molecule is CC.COc1cc(C(C)C)ccn1. The second kappa shape index (κ2) is 6.46. The van der Waals surface area contributed by atoms with Crippen LogP contribution in [0.2, 0.25) is 0 Å². The summed E-state index contributed by atoms with van der Waals surface area (Å²) in [4.78, 5) is 4.02. The molecule has 0 spiro atoms. The number of ether oxygens (including phenoxy) is 1. The predicted molar refractivity (Wildman–Crippen MR) is 56.2 cm³/mol. The first-order chi connectivity index (χ1) is 6.24. The van der Waals surface area contributed by atoms with Gasteiger partial charge in [-0.3, -0.25) is 0 Å². The first-order valence-corrected chi connectivity index (χ1v) is 4.74. The fraction of sp³-hybridized carbons (Fsp3) is 0.545. The van der Waals surface area contributed by atoms with Crippen LogP contribution in [0.3, 0.4) is 0 Å². The molecule has 0 amide bonds. The lowest BCUT2D eigenvalue weighted by molar-refractivity contribution is 0.397. The third kappa shape index (κ3) is 3.92. The van der Waals surface area contributed by atoms with E-state index in [0.717, 1.165) is 0 Å². The van der Waals surface area contributed by atoms with E-state index in [1.54, 1.807) is 13.3 Å². The maximum atomic E-state index is 4.99. The molecule has 0 bridgehead atoms. The lowest BCUT2D eigenvalue weighted by atomic mass is 10.1. The zero-order chi connectivity index (χ0) is 10.3. The first kappa shape index (κ1) is 11.9. The number of hydrogen-bond acceptors (Lipinski definition) is 2. The summed E-state index contributed by atoms with van der Waals surface area (Å²) in [7, 11) is 1.63. The van der Waals surface area contributed by atoms with Gasteiger partial charge >= 0.3 is 0 Å². The van der Waals surface area contributed by atoms with E-state index in [-0.39, 0.29) is 0 Å². The van der Waals surface area contributed by atoms with E-state index in [1.807, 2.05) is 26.0 Å². The highest BCUT2D eigenvalue weighted by Crippen LogP contribution is 2.16. The summed E-state index contributed by atoms with van der Waals surface area (Å²) in [5.41, 5.74) is 1.26. The first-order valence-electron chi connectivity index (χ1n) is 4.74. The molecule has 0 fully saturated rings. The van der Waals surface area contributed by atoms with Crippen molar-refractivity contribution in [3.63, 3.8) is 0 Å². The molecular weight excluding hydrogens is 162 g/mol.